The van der Waals surface area contributed by atoms with Crippen molar-refractivity contribution in [1.29, 1.82) is 0 Å². The third-order valence-corrected chi connectivity index (χ3v) is 5.59. The molecule has 124 valence electrons. The Balaban J connectivity index is 1.94. The van der Waals surface area contributed by atoms with Gasteiger partial charge in [-0.1, -0.05) is 29.8 Å². The van der Waals surface area contributed by atoms with Crippen LogP contribution in [0.25, 0.3) is 11.3 Å². The summed E-state index contributed by atoms with van der Waals surface area (Å²) in [6, 6.07) is 14.0. The van der Waals surface area contributed by atoms with Gasteiger partial charge in [-0.25, -0.2) is 8.42 Å². The predicted molar refractivity (Wildman–Crippen MR) is 98.3 cm³/mol. The Morgan fingerprint density at radius 1 is 1.12 bits per heavy atom. The second-order valence-electron chi connectivity index (χ2n) is 5.46. The van der Waals surface area contributed by atoms with Gasteiger partial charge in [-0.2, -0.15) is 5.10 Å². The molecule has 0 saturated carbocycles. The van der Waals surface area contributed by atoms with Gasteiger partial charge in [0.25, 0.3) is 10.0 Å². The lowest BCUT2D eigenvalue weighted by atomic mass is 10.1. The molecule has 1 aromatic heterocycles. The fourth-order valence-electron chi connectivity index (χ4n) is 2.40. The summed E-state index contributed by atoms with van der Waals surface area (Å²) < 4.78 is 30.2. The van der Waals surface area contributed by atoms with Crippen LogP contribution in [0.5, 0.6) is 0 Å². The number of nitrogens with zero attached hydrogens (tertiary/aromatic N) is 2. The number of hydrogen-bond acceptors (Lipinski definition) is 3. The van der Waals surface area contributed by atoms with Crippen LogP contribution in [0, 0.1) is 6.92 Å². The first-order chi connectivity index (χ1) is 11.4. The number of sulfonamides is 1. The molecule has 0 unspecified atom stereocenters. The molecule has 3 rings (SSSR count). The highest BCUT2D eigenvalue weighted by atomic mass is 79.9. The zero-order valence-corrected chi connectivity index (χ0v) is 15.6. The second kappa shape index (κ2) is 6.41. The number of benzene rings is 2. The first-order valence-electron chi connectivity index (χ1n) is 7.24. The number of aryl methyl sites for hydroxylation is 2. The molecule has 0 aliphatic carbocycles. The van der Waals surface area contributed by atoms with Gasteiger partial charge in [0, 0.05) is 18.3 Å². The molecule has 7 heteroatoms. The van der Waals surface area contributed by atoms with Crippen molar-refractivity contribution >= 4 is 31.6 Å². The fourth-order valence-corrected chi connectivity index (χ4v) is 4.02. The highest BCUT2D eigenvalue weighted by molar-refractivity contribution is 9.10. The molecule has 0 fully saturated rings. The molecule has 0 spiro atoms. The maximum absolute atomic E-state index is 12.5. The van der Waals surface area contributed by atoms with Crippen LogP contribution in [0.1, 0.15) is 5.56 Å². The van der Waals surface area contributed by atoms with Crippen molar-refractivity contribution in [2.24, 2.45) is 7.05 Å². The molecule has 2 aromatic carbocycles. The van der Waals surface area contributed by atoms with Gasteiger partial charge in [0.15, 0.2) is 0 Å². The third kappa shape index (κ3) is 3.37. The SMILES string of the molecule is Cc1ccc(S(=O)(=O)Nc2cccc(-c3c(Br)cnn3C)c2)cc1. The van der Waals surface area contributed by atoms with Crippen LogP contribution < -0.4 is 4.72 Å². The minimum atomic E-state index is -3.62. The molecule has 5 nitrogen and oxygen atoms in total. The molecular weight excluding hydrogens is 390 g/mol. The normalized spacial score (nSPS) is 11.5. The summed E-state index contributed by atoms with van der Waals surface area (Å²) in [5, 5.41) is 4.18. The van der Waals surface area contributed by atoms with E-state index in [1.165, 1.54) is 0 Å². The maximum atomic E-state index is 12.5. The third-order valence-electron chi connectivity index (χ3n) is 3.61. The molecule has 0 aliphatic rings. The van der Waals surface area contributed by atoms with E-state index in [0.29, 0.717) is 5.69 Å². The largest absolute Gasteiger partial charge is 0.280 e. The molecule has 0 bridgehead atoms. The van der Waals surface area contributed by atoms with Gasteiger partial charge in [-0.3, -0.25) is 9.40 Å². The van der Waals surface area contributed by atoms with E-state index in [4.69, 9.17) is 0 Å². The molecule has 0 aliphatic heterocycles. The lowest BCUT2D eigenvalue weighted by Crippen LogP contribution is -2.12. The van der Waals surface area contributed by atoms with Gasteiger partial charge >= 0.3 is 0 Å². The zero-order valence-electron chi connectivity index (χ0n) is 13.2. The average molecular weight is 406 g/mol. The number of hydrogen-bond donors (Lipinski definition) is 1. The van der Waals surface area contributed by atoms with Crippen LogP contribution in [0.15, 0.2) is 64.1 Å². The standard InChI is InChI=1S/C17H16BrN3O2S/c1-12-6-8-15(9-7-12)24(22,23)20-14-5-3-4-13(10-14)17-16(18)11-19-21(17)2/h3-11,20H,1-2H3. The highest BCUT2D eigenvalue weighted by Crippen LogP contribution is 2.29. The predicted octanol–water partition coefficient (Wildman–Crippen LogP) is 3.96. The Bertz CT molecular complexity index is 960. The van der Waals surface area contributed by atoms with Crippen LogP contribution in [0.3, 0.4) is 0 Å². The van der Waals surface area contributed by atoms with Gasteiger partial charge in [0.2, 0.25) is 0 Å². The van der Waals surface area contributed by atoms with E-state index in [0.717, 1.165) is 21.3 Å². The van der Waals surface area contributed by atoms with Gasteiger partial charge in [-0.05, 0) is 47.1 Å². The minimum absolute atomic E-state index is 0.236. The van der Waals surface area contributed by atoms with Crippen LogP contribution in [-0.4, -0.2) is 18.2 Å². The van der Waals surface area contributed by atoms with E-state index in [9.17, 15) is 8.42 Å². The summed E-state index contributed by atoms with van der Waals surface area (Å²) in [7, 11) is -1.78. The summed E-state index contributed by atoms with van der Waals surface area (Å²) in [6.07, 6.45) is 1.71. The Labute approximate surface area is 149 Å². The number of halogens is 1. The molecule has 1 heterocycles. The van der Waals surface area contributed by atoms with E-state index in [-0.39, 0.29) is 4.90 Å². The van der Waals surface area contributed by atoms with Gasteiger partial charge in [-0.15, -0.1) is 0 Å². The molecule has 1 N–H and O–H groups in total. The summed E-state index contributed by atoms with van der Waals surface area (Å²) in [5.41, 5.74) is 3.26. The number of rotatable bonds is 4. The van der Waals surface area contributed by atoms with E-state index in [1.807, 2.05) is 26.1 Å². The summed E-state index contributed by atoms with van der Waals surface area (Å²) in [4.78, 5) is 0.236. The molecule has 0 radical (unpaired) electrons. The number of anilines is 1. The maximum Gasteiger partial charge on any atom is 0.261 e. The van der Waals surface area contributed by atoms with E-state index in [1.54, 1.807) is 47.3 Å². The Hall–Kier alpha value is -2.12. The van der Waals surface area contributed by atoms with Gasteiger partial charge in [0.05, 0.1) is 21.3 Å². The van der Waals surface area contributed by atoms with Crippen LogP contribution in [0.2, 0.25) is 0 Å². The molecule has 0 atom stereocenters. The Kier molecular flexibility index (Phi) is 4.47. The first-order valence-corrected chi connectivity index (χ1v) is 9.52. The average Bonchev–Trinajstić information content (AvgIpc) is 2.86. The Morgan fingerprint density at radius 3 is 2.46 bits per heavy atom. The van der Waals surface area contributed by atoms with Crippen molar-refractivity contribution in [1.82, 2.24) is 9.78 Å². The molecule has 0 saturated heterocycles. The van der Waals surface area contributed by atoms with Crippen molar-refractivity contribution in [2.75, 3.05) is 4.72 Å². The van der Waals surface area contributed by atoms with Crippen LogP contribution in [-0.2, 0) is 17.1 Å². The van der Waals surface area contributed by atoms with Crippen molar-refractivity contribution in [3.05, 3.63) is 64.8 Å². The van der Waals surface area contributed by atoms with E-state index < -0.39 is 10.0 Å². The van der Waals surface area contributed by atoms with E-state index in [2.05, 4.69) is 25.8 Å². The van der Waals surface area contributed by atoms with Crippen LogP contribution >= 0.6 is 15.9 Å². The van der Waals surface area contributed by atoms with E-state index >= 15 is 0 Å². The lowest BCUT2D eigenvalue weighted by molar-refractivity contribution is 0.601. The van der Waals surface area contributed by atoms with Crippen molar-refractivity contribution in [3.8, 4) is 11.3 Å². The second-order valence-corrected chi connectivity index (χ2v) is 8.00. The lowest BCUT2D eigenvalue weighted by Gasteiger charge is -2.10. The molecular formula is C17H16BrN3O2S. The van der Waals surface area contributed by atoms with Crippen molar-refractivity contribution in [2.45, 2.75) is 11.8 Å². The summed E-state index contributed by atoms with van der Waals surface area (Å²) >= 11 is 3.46. The highest BCUT2D eigenvalue weighted by Gasteiger charge is 2.15. The molecule has 3 aromatic rings. The number of aromatic nitrogens is 2. The summed E-state index contributed by atoms with van der Waals surface area (Å²) in [5.74, 6) is 0. The van der Waals surface area contributed by atoms with Crippen LogP contribution in [0.4, 0.5) is 5.69 Å². The van der Waals surface area contributed by atoms with Gasteiger partial charge < -0.3 is 0 Å². The molecule has 24 heavy (non-hydrogen) atoms. The molecule has 0 amide bonds. The minimum Gasteiger partial charge on any atom is -0.280 e. The zero-order chi connectivity index (χ0) is 17.3. The smallest absolute Gasteiger partial charge is 0.261 e. The monoisotopic (exact) mass is 405 g/mol. The first kappa shape index (κ1) is 16.7. The summed E-state index contributed by atoms with van der Waals surface area (Å²) in [6.45, 7) is 1.92. The quantitative estimate of drug-likeness (QED) is 0.714. The van der Waals surface area contributed by atoms with Crippen molar-refractivity contribution in [3.63, 3.8) is 0 Å². The number of nitrogens with one attached hydrogen (secondary N) is 1. The van der Waals surface area contributed by atoms with Crippen molar-refractivity contribution < 1.29 is 8.42 Å². The topological polar surface area (TPSA) is 64.0 Å². The Morgan fingerprint density at radius 2 is 1.83 bits per heavy atom. The fraction of sp³-hybridized carbons (Fsp3) is 0.118. The van der Waals surface area contributed by atoms with Gasteiger partial charge in [0.1, 0.15) is 0 Å².